The lowest BCUT2D eigenvalue weighted by Gasteiger charge is -2.19. The number of hydrogen-bond acceptors (Lipinski definition) is 8. The van der Waals surface area contributed by atoms with Gasteiger partial charge in [-0.1, -0.05) is 332 Å². The molecule has 0 bridgehead atoms. The van der Waals surface area contributed by atoms with E-state index in [9.17, 15) is 19.0 Å². The Balaban J connectivity index is 3.79. The molecule has 0 amide bonds. The first kappa shape index (κ1) is 81.0. The van der Waals surface area contributed by atoms with Crippen molar-refractivity contribution in [3.63, 3.8) is 0 Å². The van der Waals surface area contributed by atoms with Crippen molar-refractivity contribution in [1.29, 1.82) is 0 Å². The topological polar surface area (TPSA) is 134 Å². The number of hydrogen-bond donors (Lipinski definition) is 2. The third kappa shape index (κ3) is 68.9. The third-order valence-electron chi connectivity index (χ3n) is 16.2. The van der Waals surface area contributed by atoms with Crippen LogP contribution in [0.15, 0.2) is 48.6 Å². The van der Waals surface area contributed by atoms with Crippen molar-refractivity contribution in [2.75, 3.05) is 26.4 Å². The number of unbranched alkanes of at least 4 members (excludes halogenated alkanes) is 48. The smallest absolute Gasteiger partial charge is 0.462 e. The Hall–Kier alpha value is -2.03. The summed E-state index contributed by atoms with van der Waals surface area (Å²) in [5.74, 6) is -0.809. The van der Waals surface area contributed by atoms with E-state index >= 15 is 0 Å². The average molecular weight is 1190 g/mol. The molecule has 0 aromatic carbocycles. The second-order valence-corrected chi connectivity index (χ2v) is 25.9. The van der Waals surface area contributed by atoms with Gasteiger partial charge < -0.3 is 20.1 Å². The Morgan fingerprint density at radius 3 is 0.916 bits per heavy atom. The fourth-order valence-electron chi connectivity index (χ4n) is 10.8. The molecule has 2 unspecified atom stereocenters. The first-order valence-corrected chi connectivity index (χ1v) is 37.6. The van der Waals surface area contributed by atoms with E-state index in [4.69, 9.17) is 24.3 Å². The zero-order valence-corrected chi connectivity index (χ0v) is 55.8. The highest BCUT2D eigenvalue weighted by molar-refractivity contribution is 7.47. The molecule has 0 rings (SSSR count). The number of phosphoric acid groups is 1. The van der Waals surface area contributed by atoms with Gasteiger partial charge in [0.15, 0.2) is 6.10 Å². The number of phosphoric ester groups is 1. The van der Waals surface area contributed by atoms with E-state index < -0.39 is 26.5 Å². The summed E-state index contributed by atoms with van der Waals surface area (Å²) in [6.07, 6.45) is 87.9. The molecular weight excluding hydrogens is 1050 g/mol. The Morgan fingerprint density at radius 1 is 0.361 bits per heavy atom. The lowest BCUT2D eigenvalue weighted by Crippen LogP contribution is -2.29. The summed E-state index contributed by atoms with van der Waals surface area (Å²) in [6.45, 7) is 3.79. The Kier molecular flexibility index (Phi) is 67.4. The van der Waals surface area contributed by atoms with Gasteiger partial charge in [-0.3, -0.25) is 18.6 Å². The lowest BCUT2D eigenvalue weighted by molar-refractivity contribution is -0.161. The van der Waals surface area contributed by atoms with Crippen LogP contribution in [-0.4, -0.2) is 49.3 Å². The molecule has 2 atom stereocenters. The van der Waals surface area contributed by atoms with Crippen LogP contribution in [0.3, 0.4) is 0 Å². The van der Waals surface area contributed by atoms with Gasteiger partial charge in [0.1, 0.15) is 6.61 Å². The van der Waals surface area contributed by atoms with Crippen LogP contribution in [0.5, 0.6) is 0 Å². The number of rotatable bonds is 69. The molecule has 0 spiro atoms. The summed E-state index contributed by atoms with van der Waals surface area (Å²) in [6, 6.07) is 0. The summed E-state index contributed by atoms with van der Waals surface area (Å²) in [4.78, 5) is 35.4. The molecule has 9 nitrogen and oxygen atoms in total. The van der Waals surface area contributed by atoms with Gasteiger partial charge >= 0.3 is 19.8 Å². The monoisotopic (exact) mass is 1190 g/mol. The van der Waals surface area contributed by atoms with Crippen molar-refractivity contribution in [1.82, 2.24) is 0 Å². The maximum absolute atomic E-state index is 12.8. The predicted molar refractivity (Wildman–Crippen MR) is 358 cm³/mol. The molecule has 3 N–H and O–H groups in total. The van der Waals surface area contributed by atoms with Crippen LogP contribution in [-0.2, 0) is 32.7 Å². The van der Waals surface area contributed by atoms with Crippen molar-refractivity contribution in [3.05, 3.63) is 48.6 Å². The summed E-state index contributed by atoms with van der Waals surface area (Å²) in [7, 11) is -4.39. The molecule has 488 valence electrons. The van der Waals surface area contributed by atoms with Gasteiger partial charge in [0.25, 0.3) is 0 Å². The van der Waals surface area contributed by atoms with Crippen LogP contribution in [0.25, 0.3) is 0 Å². The fourth-order valence-corrected chi connectivity index (χ4v) is 11.6. The normalized spacial score (nSPS) is 13.2. The van der Waals surface area contributed by atoms with E-state index in [1.54, 1.807) is 0 Å². The molecule has 0 radical (unpaired) electrons. The minimum atomic E-state index is -4.39. The molecule has 83 heavy (non-hydrogen) atoms. The first-order valence-electron chi connectivity index (χ1n) is 36.1. The van der Waals surface area contributed by atoms with Gasteiger partial charge in [0.2, 0.25) is 0 Å². The molecule has 0 aromatic heterocycles. The minimum absolute atomic E-state index is 0.0550. The number of allylic oxidation sites excluding steroid dienone is 8. The van der Waals surface area contributed by atoms with E-state index in [1.807, 2.05) is 0 Å². The highest BCUT2D eigenvalue weighted by Crippen LogP contribution is 2.43. The van der Waals surface area contributed by atoms with Crippen LogP contribution < -0.4 is 5.73 Å². The molecule has 10 heteroatoms. The van der Waals surface area contributed by atoms with Crippen LogP contribution >= 0.6 is 7.82 Å². The molecule has 0 aliphatic heterocycles. The Bertz CT molecular complexity index is 1500. The standard InChI is InChI=1S/C73H138NO8P/c1-3-5-7-9-11-13-15-17-19-21-23-25-27-29-30-31-32-33-34-35-36-37-38-39-40-42-44-46-48-50-52-54-56-58-60-62-64-66-73(76)82-71(70-81-83(77,78)80-68-67-74)69-79-72(75)65-63-61-59-57-55-53-51-49-47-45-43-41-28-26-24-22-20-18-16-14-12-10-8-6-4-2/h15-18,21-24,71H,3-14,19-20,25-70,74H2,1-2H3,(H,77,78)/b17-15-,18-16-,23-21-,24-22-. The van der Waals surface area contributed by atoms with E-state index in [1.165, 1.54) is 295 Å². The molecule has 0 saturated carbocycles. The molecule has 0 aliphatic rings. The molecule has 0 saturated heterocycles. The summed E-state index contributed by atoms with van der Waals surface area (Å²) in [5, 5.41) is 0. The lowest BCUT2D eigenvalue weighted by atomic mass is 10.0. The minimum Gasteiger partial charge on any atom is -0.462 e. The number of esters is 2. The van der Waals surface area contributed by atoms with Gasteiger partial charge in [0.05, 0.1) is 13.2 Å². The summed E-state index contributed by atoms with van der Waals surface area (Å²) in [5.41, 5.74) is 5.40. The van der Waals surface area contributed by atoms with Crippen molar-refractivity contribution >= 4 is 19.8 Å². The number of nitrogens with two attached hydrogens (primary N) is 1. The zero-order valence-electron chi connectivity index (χ0n) is 55.0. The van der Waals surface area contributed by atoms with Crippen LogP contribution in [0.4, 0.5) is 0 Å². The first-order chi connectivity index (χ1) is 40.8. The van der Waals surface area contributed by atoms with Crippen LogP contribution in [0, 0.1) is 0 Å². The van der Waals surface area contributed by atoms with Gasteiger partial charge in [-0.25, -0.2) is 4.57 Å². The Labute approximate surface area is 515 Å². The van der Waals surface area contributed by atoms with Crippen molar-refractivity contribution < 1.29 is 37.6 Å². The molecular formula is C73H138NO8P. The number of ether oxygens (including phenoxy) is 2. The van der Waals surface area contributed by atoms with Crippen molar-refractivity contribution in [2.24, 2.45) is 5.73 Å². The maximum Gasteiger partial charge on any atom is 0.472 e. The number of carbonyl (C=O) groups is 2. The van der Waals surface area contributed by atoms with Crippen LogP contribution in [0.1, 0.15) is 373 Å². The number of carbonyl (C=O) groups excluding carboxylic acids is 2. The quantitative estimate of drug-likeness (QED) is 0.0264. The largest absolute Gasteiger partial charge is 0.472 e. The van der Waals surface area contributed by atoms with Crippen molar-refractivity contribution in [2.45, 2.75) is 380 Å². The summed E-state index contributed by atoms with van der Waals surface area (Å²) >= 11 is 0. The maximum atomic E-state index is 12.8. The highest BCUT2D eigenvalue weighted by Gasteiger charge is 2.26. The molecule has 0 fully saturated rings. The van der Waals surface area contributed by atoms with Gasteiger partial charge in [-0.2, -0.15) is 0 Å². The second-order valence-electron chi connectivity index (χ2n) is 24.5. The van der Waals surface area contributed by atoms with Crippen LogP contribution in [0.2, 0.25) is 0 Å². The van der Waals surface area contributed by atoms with E-state index in [0.717, 1.165) is 44.9 Å². The Morgan fingerprint density at radius 2 is 0.627 bits per heavy atom. The molecule has 0 heterocycles. The third-order valence-corrected chi connectivity index (χ3v) is 17.2. The average Bonchev–Trinajstić information content (AvgIpc) is 3.49. The highest BCUT2D eigenvalue weighted by atomic mass is 31.2. The molecule has 0 aliphatic carbocycles. The van der Waals surface area contributed by atoms with Gasteiger partial charge in [-0.05, 0) is 77.0 Å². The van der Waals surface area contributed by atoms with E-state index in [0.29, 0.717) is 6.42 Å². The molecule has 0 aromatic rings. The summed E-state index contributed by atoms with van der Waals surface area (Å²) < 4.78 is 33.2. The SMILES string of the molecule is CCCCCCC/C=C\C/C=C\CCCCCCCCCCCCCCCCCCCCCCCCCCCC(=O)OC(COC(=O)CCCCCCCCCCCCCCC/C=C\C/C=C\CCCCCCC)COP(=O)(O)OCCN. The fraction of sp³-hybridized carbons (Fsp3) is 0.863. The van der Waals surface area contributed by atoms with E-state index in [2.05, 4.69) is 62.5 Å². The van der Waals surface area contributed by atoms with Gasteiger partial charge in [0, 0.05) is 19.4 Å². The van der Waals surface area contributed by atoms with Crippen molar-refractivity contribution in [3.8, 4) is 0 Å². The van der Waals surface area contributed by atoms with Gasteiger partial charge in [-0.15, -0.1) is 0 Å². The van der Waals surface area contributed by atoms with E-state index in [-0.39, 0.29) is 38.6 Å². The zero-order chi connectivity index (χ0) is 60.1. The predicted octanol–water partition coefficient (Wildman–Crippen LogP) is 23.6. The second kappa shape index (κ2) is 69.1.